The van der Waals surface area contributed by atoms with Crippen molar-refractivity contribution in [2.45, 2.75) is 12.7 Å². The van der Waals surface area contributed by atoms with E-state index in [1.807, 2.05) is 6.07 Å². The molecule has 0 bridgehead atoms. The second-order valence-electron chi connectivity index (χ2n) is 4.89. The maximum absolute atomic E-state index is 12.4. The van der Waals surface area contributed by atoms with Gasteiger partial charge in [-0.2, -0.15) is 0 Å². The van der Waals surface area contributed by atoms with Crippen LogP contribution in [0, 0.1) is 5.92 Å². The summed E-state index contributed by atoms with van der Waals surface area (Å²) in [6.07, 6.45) is 0. The van der Waals surface area contributed by atoms with Crippen molar-refractivity contribution < 1.29 is 14.6 Å². The third-order valence-electron chi connectivity index (χ3n) is 3.64. The molecule has 3 rings (SSSR count). The number of hydrogen-bond donors (Lipinski definition) is 1. The van der Waals surface area contributed by atoms with Gasteiger partial charge in [0.2, 0.25) is 5.79 Å². The number of carbonyl (C=O) groups excluding carboxylic acids is 1. The molecule has 1 aliphatic heterocycles. The molecule has 0 radical (unpaired) electrons. The SMILES string of the molecule is C[C@@H]1C(=O)c2ccc(Cl)cc2O[C@@]1(O)c1ccccc1. The number of aliphatic hydroxyl groups is 1. The van der Waals surface area contributed by atoms with Gasteiger partial charge in [-0.15, -0.1) is 0 Å². The van der Waals surface area contributed by atoms with Gasteiger partial charge in [-0.25, -0.2) is 0 Å². The number of fused-ring (bicyclic) bond motifs is 1. The lowest BCUT2D eigenvalue weighted by Crippen LogP contribution is -2.46. The number of ether oxygens (including phenoxy) is 1. The van der Waals surface area contributed by atoms with Crippen molar-refractivity contribution in [3.05, 3.63) is 64.7 Å². The molecule has 3 nitrogen and oxygen atoms in total. The normalized spacial score (nSPS) is 24.9. The van der Waals surface area contributed by atoms with Crippen molar-refractivity contribution in [2.75, 3.05) is 0 Å². The topological polar surface area (TPSA) is 46.5 Å². The molecule has 2 atom stereocenters. The Hall–Kier alpha value is -1.84. The third-order valence-corrected chi connectivity index (χ3v) is 3.88. The van der Waals surface area contributed by atoms with E-state index in [0.717, 1.165) is 0 Å². The van der Waals surface area contributed by atoms with E-state index in [9.17, 15) is 9.90 Å². The molecule has 1 aliphatic rings. The Morgan fingerprint density at radius 1 is 1.20 bits per heavy atom. The van der Waals surface area contributed by atoms with Crippen LogP contribution in [0.15, 0.2) is 48.5 Å². The Morgan fingerprint density at radius 2 is 1.90 bits per heavy atom. The highest BCUT2D eigenvalue weighted by atomic mass is 35.5. The predicted molar refractivity (Wildman–Crippen MR) is 75.9 cm³/mol. The van der Waals surface area contributed by atoms with E-state index in [1.54, 1.807) is 49.4 Å². The van der Waals surface area contributed by atoms with Crippen molar-refractivity contribution >= 4 is 17.4 Å². The molecule has 0 aliphatic carbocycles. The minimum absolute atomic E-state index is 0.158. The van der Waals surface area contributed by atoms with Crippen LogP contribution in [-0.4, -0.2) is 10.9 Å². The molecule has 20 heavy (non-hydrogen) atoms. The summed E-state index contributed by atoms with van der Waals surface area (Å²) in [5.41, 5.74) is 0.994. The van der Waals surface area contributed by atoms with Crippen LogP contribution in [0.4, 0.5) is 0 Å². The molecule has 0 saturated carbocycles. The van der Waals surface area contributed by atoms with Crippen molar-refractivity contribution in [3.63, 3.8) is 0 Å². The lowest BCUT2D eigenvalue weighted by molar-refractivity contribution is -0.176. The summed E-state index contributed by atoms with van der Waals surface area (Å²) < 4.78 is 5.72. The van der Waals surface area contributed by atoms with E-state index in [1.165, 1.54) is 0 Å². The monoisotopic (exact) mass is 288 g/mol. The van der Waals surface area contributed by atoms with E-state index in [2.05, 4.69) is 0 Å². The number of hydrogen-bond acceptors (Lipinski definition) is 3. The van der Waals surface area contributed by atoms with Crippen LogP contribution < -0.4 is 4.74 Å². The molecular weight excluding hydrogens is 276 g/mol. The molecular formula is C16H13ClO3. The first-order chi connectivity index (χ1) is 9.52. The lowest BCUT2D eigenvalue weighted by Gasteiger charge is -2.38. The quantitative estimate of drug-likeness (QED) is 0.875. The standard InChI is InChI=1S/C16H13ClO3/c1-10-15(18)13-8-7-12(17)9-14(13)20-16(10,19)11-5-3-2-4-6-11/h2-10,19H,1H3/t10-,16-/m1/s1. The number of Topliss-reactive ketones (excluding diaryl/α,β-unsaturated/α-hetero) is 1. The maximum atomic E-state index is 12.4. The molecule has 0 unspecified atom stereocenters. The zero-order valence-electron chi connectivity index (χ0n) is 10.8. The summed E-state index contributed by atoms with van der Waals surface area (Å²) >= 11 is 5.93. The molecule has 0 amide bonds. The fraction of sp³-hybridized carbons (Fsp3) is 0.188. The van der Waals surface area contributed by atoms with Crippen LogP contribution in [0.2, 0.25) is 5.02 Å². The zero-order valence-corrected chi connectivity index (χ0v) is 11.6. The highest BCUT2D eigenvalue weighted by Gasteiger charge is 2.47. The van der Waals surface area contributed by atoms with Crippen molar-refractivity contribution in [3.8, 4) is 5.75 Å². The van der Waals surface area contributed by atoms with Gasteiger partial charge in [0.1, 0.15) is 5.75 Å². The number of benzene rings is 2. The third kappa shape index (κ3) is 1.90. The number of carbonyl (C=O) groups is 1. The largest absolute Gasteiger partial charge is 0.457 e. The summed E-state index contributed by atoms with van der Waals surface area (Å²) in [5, 5.41) is 11.3. The summed E-state index contributed by atoms with van der Waals surface area (Å²) in [6, 6.07) is 13.7. The van der Waals surface area contributed by atoms with Gasteiger partial charge in [0.15, 0.2) is 5.78 Å². The van der Waals surface area contributed by atoms with Crippen LogP contribution >= 0.6 is 11.6 Å². The molecule has 2 aromatic rings. The first-order valence-electron chi connectivity index (χ1n) is 6.33. The van der Waals surface area contributed by atoms with Crippen LogP contribution in [0.1, 0.15) is 22.8 Å². The van der Waals surface area contributed by atoms with Gasteiger partial charge < -0.3 is 9.84 Å². The first-order valence-corrected chi connectivity index (χ1v) is 6.71. The van der Waals surface area contributed by atoms with Crippen LogP contribution in [-0.2, 0) is 5.79 Å². The van der Waals surface area contributed by atoms with Gasteiger partial charge in [-0.3, -0.25) is 4.79 Å². The second-order valence-corrected chi connectivity index (χ2v) is 5.33. The fourth-order valence-corrected chi connectivity index (χ4v) is 2.60. The summed E-state index contributed by atoms with van der Waals surface area (Å²) in [5.74, 6) is -2.21. The molecule has 0 aromatic heterocycles. The number of rotatable bonds is 1. The lowest BCUT2D eigenvalue weighted by atomic mass is 9.84. The second kappa shape index (κ2) is 4.62. The molecule has 2 aromatic carbocycles. The van der Waals surface area contributed by atoms with Gasteiger partial charge in [-0.05, 0) is 25.1 Å². The zero-order chi connectivity index (χ0) is 14.3. The highest BCUT2D eigenvalue weighted by Crippen LogP contribution is 2.42. The van der Waals surface area contributed by atoms with Gasteiger partial charge in [0.25, 0.3) is 0 Å². The minimum Gasteiger partial charge on any atom is -0.457 e. The van der Waals surface area contributed by atoms with Gasteiger partial charge in [0.05, 0.1) is 11.5 Å². The summed E-state index contributed by atoms with van der Waals surface area (Å²) in [6.45, 7) is 1.66. The maximum Gasteiger partial charge on any atom is 0.244 e. The van der Waals surface area contributed by atoms with Gasteiger partial charge in [0, 0.05) is 10.6 Å². The van der Waals surface area contributed by atoms with Crippen LogP contribution in [0.3, 0.4) is 0 Å². The van der Waals surface area contributed by atoms with Crippen LogP contribution in [0.25, 0.3) is 0 Å². The van der Waals surface area contributed by atoms with E-state index in [-0.39, 0.29) is 5.78 Å². The molecule has 0 fully saturated rings. The van der Waals surface area contributed by atoms with E-state index >= 15 is 0 Å². The van der Waals surface area contributed by atoms with Crippen molar-refractivity contribution in [2.24, 2.45) is 5.92 Å². The van der Waals surface area contributed by atoms with E-state index in [0.29, 0.717) is 21.9 Å². The van der Waals surface area contributed by atoms with Gasteiger partial charge >= 0.3 is 0 Å². The molecule has 4 heteroatoms. The highest BCUT2D eigenvalue weighted by molar-refractivity contribution is 6.30. The number of halogens is 1. The Labute approximate surface area is 121 Å². The van der Waals surface area contributed by atoms with Crippen LogP contribution in [0.5, 0.6) is 5.75 Å². The molecule has 102 valence electrons. The molecule has 0 saturated heterocycles. The average molecular weight is 289 g/mol. The Bertz CT molecular complexity index is 669. The smallest absolute Gasteiger partial charge is 0.244 e. The average Bonchev–Trinajstić information content (AvgIpc) is 2.45. The Balaban J connectivity index is 2.14. The molecule has 0 spiro atoms. The first kappa shape index (κ1) is 13.2. The van der Waals surface area contributed by atoms with E-state index < -0.39 is 11.7 Å². The minimum atomic E-state index is -1.67. The molecule has 1 N–H and O–H groups in total. The Kier molecular flexibility index (Phi) is 3.04. The molecule has 1 heterocycles. The number of ketones is 1. The van der Waals surface area contributed by atoms with Crippen molar-refractivity contribution in [1.82, 2.24) is 0 Å². The Morgan fingerprint density at radius 3 is 2.60 bits per heavy atom. The summed E-state index contributed by atoms with van der Waals surface area (Å²) in [7, 11) is 0. The summed E-state index contributed by atoms with van der Waals surface area (Å²) in [4.78, 5) is 12.4. The van der Waals surface area contributed by atoms with Gasteiger partial charge in [-0.1, -0.05) is 41.9 Å². The predicted octanol–water partition coefficient (Wildman–Crippen LogP) is 3.40. The van der Waals surface area contributed by atoms with Crippen molar-refractivity contribution in [1.29, 1.82) is 0 Å². The fourth-order valence-electron chi connectivity index (χ4n) is 2.44. The van der Waals surface area contributed by atoms with E-state index in [4.69, 9.17) is 16.3 Å².